The van der Waals surface area contributed by atoms with Crippen LogP contribution in [0.15, 0.2) is 89.9 Å². The Morgan fingerprint density at radius 1 is 0.898 bits per heavy atom. The quantitative estimate of drug-likeness (QED) is 0.153. The second kappa shape index (κ2) is 17.5. The number of benzene rings is 3. The maximum atomic E-state index is 13.0. The molecule has 3 aromatic carbocycles. The Morgan fingerprint density at radius 2 is 1.53 bits per heavy atom. The van der Waals surface area contributed by atoms with E-state index in [1.54, 1.807) is 4.57 Å². The van der Waals surface area contributed by atoms with Crippen LogP contribution in [0.5, 0.6) is 0 Å². The number of fused-ring (bicyclic) bond motifs is 1. The van der Waals surface area contributed by atoms with Gasteiger partial charge in [-0.15, -0.1) is 0 Å². The molecular formula is C39H44F4N4O2. The molecular weight excluding hydrogens is 632 g/mol. The predicted molar refractivity (Wildman–Crippen MR) is 189 cm³/mol. The molecule has 0 bridgehead atoms. The molecule has 5 rings (SSSR count). The Bertz CT molecular complexity index is 1880. The van der Waals surface area contributed by atoms with Crippen LogP contribution in [0.25, 0.3) is 16.6 Å². The number of anilines is 1. The van der Waals surface area contributed by atoms with Gasteiger partial charge in [-0.1, -0.05) is 70.5 Å². The Morgan fingerprint density at radius 3 is 2.06 bits per heavy atom. The molecule has 5 aromatic rings. The Balaban J connectivity index is 0.000000216. The highest BCUT2D eigenvalue weighted by Crippen LogP contribution is 2.32. The zero-order valence-corrected chi connectivity index (χ0v) is 29.1. The number of carbonyl (C=O) groups excluding carboxylic acids is 1. The first-order valence-corrected chi connectivity index (χ1v) is 16.2. The average molecular weight is 677 g/mol. The van der Waals surface area contributed by atoms with Gasteiger partial charge >= 0.3 is 6.18 Å². The number of alkyl halides is 3. The Labute approximate surface area is 285 Å². The minimum Gasteiger partial charge on any atom is -0.363 e. The molecule has 10 heteroatoms. The first kappa shape index (κ1) is 38.6. The molecule has 260 valence electrons. The number of pyridine rings is 1. The number of halogens is 4. The molecule has 0 amide bonds. The maximum Gasteiger partial charge on any atom is 0.419 e. The van der Waals surface area contributed by atoms with Gasteiger partial charge in [-0.3, -0.25) is 14.2 Å². The van der Waals surface area contributed by atoms with Crippen LogP contribution < -0.4 is 10.5 Å². The van der Waals surface area contributed by atoms with E-state index in [0.717, 1.165) is 48.2 Å². The molecule has 0 aliphatic rings. The van der Waals surface area contributed by atoms with Crippen molar-refractivity contribution >= 4 is 22.5 Å². The summed E-state index contributed by atoms with van der Waals surface area (Å²) in [6.07, 6.45) is 0.312. The van der Waals surface area contributed by atoms with E-state index in [-0.39, 0.29) is 29.2 Å². The van der Waals surface area contributed by atoms with Gasteiger partial charge in [0.05, 0.1) is 22.2 Å². The monoisotopic (exact) mass is 676 g/mol. The van der Waals surface area contributed by atoms with E-state index >= 15 is 0 Å². The molecule has 2 aromatic heterocycles. The highest BCUT2D eigenvalue weighted by molar-refractivity contribution is 5.78. The van der Waals surface area contributed by atoms with E-state index in [1.807, 2.05) is 67.7 Å². The van der Waals surface area contributed by atoms with Crippen molar-refractivity contribution in [2.45, 2.75) is 72.4 Å². The normalized spacial score (nSPS) is 11.0. The fraction of sp³-hybridized carbons (Fsp3) is 0.333. The van der Waals surface area contributed by atoms with Crippen molar-refractivity contribution in [3.63, 3.8) is 0 Å². The molecule has 0 saturated heterocycles. The number of carbonyl (C=O) groups is 1. The van der Waals surface area contributed by atoms with E-state index in [2.05, 4.69) is 50.9 Å². The Kier molecular flexibility index (Phi) is 13.8. The second-order valence-corrected chi connectivity index (χ2v) is 12.2. The van der Waals surface area contributed by atoms with Crippen LogP contribution in [0.1, 0.15) is 75.0 Å². The number of hydrogen-bond acceptors (Lipinski definition) is 5. The van der Waals surface area contributed by atoms with E-state index in [0.29, 0.717) is 11.5 Å². The largest absolute Gasteiger partial charge is 0.419 e. The zero-order valence-electron chi connectivity index (χ0n) is 29.1. The summed E-state index contributed by atoms with van der Waals surface area (Å²) in [5.41, 5.74) is 3.07. The number of hydrogen-bond donors (Lipinski definition) is 0. The Hall–Kier alpha value is -4.86. The van der Waals surface area contributed by atoms with Crippen molar-refractivity contribution in [3.8, 4) is 5.69 Å². The van der Waals surface area contributed by atoms with Gasteiger partial charge in [0.2, 0.25) is 0 Å². The van der Waals surface area contributed by atoms with Gasteiger partial charge in [0, 0.05) is 32.6 Å². The van der Waals surface area contributed by atoms with Crippen molar-refractivity contribution in [1.29, 1.82) is 0 Å². The van der Waals surface area contributed by atoms with E-state index in [9.17, 15) is 27.2 Å². The van der Waals surface area contributed by atoms with Crippen LogP contribution in [0.2, 0.25) is 0 Å². The summed E-state index contributed by atoms with van der Waals surface area (Å²) in [4.78, 5) is 34.7. The van der Waals surface area contributed by atoms with Crippen molar-refractivity contribution < 1.29 is 22.4 Å². The van der Waals surface area contributed by atoms with Crippen LogP contribution in [0.4, 0.5) is 23.4 Å². The van der Waals surface area contributed by atoms with Gasteiger partial charge < -0.3 is 4.90 Å². The molecule has 0 spiro atoms. The predicted octanol–water partition coefficient (Wildman–Crippen LogP) is 9.15. The number of aryl methyl sites for hydroxylation is 2. The summed E-state index contributed by atoms with van der Waals surface area (Å²) < 4.78 is 51.3. The number of Topliss-reactive ketones (excluding diaryl/α,β-unsaturated/α-hetero) is 1. The van der Waals surface area contributed by atoms with Crippen molar-refractivity contribution in [3.05, 3.63) is 129 Å². The average Bonchev–Trinajstić information content (AvgIpc) is 3.06. The molecule has 0 radical (unpaired) electrons. The van der Waals surface area contributed by atoms with Gasteiger partial charge in [0.15, 0.2) is 0 Å². The fourth-order valence-electron chi connectivity index (χ4n) is 4.96. The third-order valence-corrected chi connectivity index (χ3v) is 7.52. The molecule has 0 fully saturated rings. The summed E-state index contributed by atoms with van der Waals surface area (Å²) in [6.45, 7) is 9.70. The minimum absolute atomic E-state index is 0.00235. The van der Waals surface area contributed by atoms with E-state index < -0.39 is 17.6 Å². The minimum atomic E-state index is -4.73. The van der Waals surface area contributed by atoms with E-state index in [1.165, 1.54) is 24.1 Å². The van der Waals surface area contributed by atoms with Crippen LogP contribution in [0, 0.1) is 5.82 Å². The van der Waals surface area contributed by atoms with Gasteiger partial charge in [0.1, 0.15) is 23.2 Å². The zero-order chi connectivity index (χ0) is 36.3. The summed E-state index contributed by atoms with van der Waals surface area (Å²) in [5, 5.41) is 0.662. The molecule has 2 heterocycles. The molecule has 0 aliphatic carbocycles. The summed E-state index contributed by atoms with van der Waals surface area (Å²) in [6, 6.07) is 22.5. The lowest BCUT2D eigenvalue weighted by Crippen LogP contribution is -2.24. The molecule has 0 atom stereocenters. The highest BCUT2D eigenvalue weighted by atomic mass is 19.4. The van der Waals surface area contributed by atoms with Gasteiger partial charge in [-0.25, -0.2) is 14.4 Å². The van der Waals surface area contributed by atoms with Crippen LogP contribution in [-0.2, 0) is 30.2 Å². The van der Waals surface area contributed by atoms with Gasteiger partial charge in [-0.05, 0) is 78.9 Å². The lowest BCUT2D eigenvalue weighted by molar-refractivity contribution is -0.140. The molecule has 0 aliphatic heterocycles. The molecule has 0 N–H and O–H groups in total. The third kappa shape index (κ3) is 10.8. The van der Waals surface area contributed by atoms with Crippen LogP contribution >= 0.6 is 0 Å². The summed E-state index contributed by atoms with van der Waals surface area (Å²) in [7, 11) is 3.99. The number of aromatic nitrogens is 3. The molecule has 0 unspecified atom stereocenters. The smallest absolute Gasteiger partial charge is 0.363 e. The molecule has 6 nitrogen and oxygen atoms in total. The van der Waals surface area contributed by atoms with Gasteiger partial charge in [0.25, 0.3) is 5.56 Å². The van der Waals surface area contributed by atoms with Crippen LogP contribution in [0.3, 0.4) is 0 Å². The lowest BCUT2D eigenvalue weighted by Gasteiger charge is -2.16. The first-order chi connectivity index (χ1) is 23.2. The number of para-hydroxylation sites is 1. The molecule has 49 heavy (non-hydrogen) atoms. The lowest BCUT2D eigenvalue weighted by atomic mass is 10.1. The first-order valence-electron chi connectivity index (χ1n) is 16.2. The molecule has 0 saturated carbocycles. The summed E-state index contributed by atoms with van der Waals surface area (Å²) >= 11 is 0. The second-order valence-electron chi connectivity index (χ2n) is 12.2. The van der Waals surface area contributed by atoms with Crippen molar-refractivity contribution in [2.24, 2.45) is 0 Å². The number of nitrogens with zero attached hydrogens (tertiary/aromatic N) is 4. The topological polar surface area (TPSA) is 68.1 Å². The van der Waals surface area contributed by atoms with Gasteiger partial charge in [-0.2, -0.15) is 13.2 Å². The summed E-state index contributed by atoms with van der Waals surface area (Å²) in [5.74, 6) is 0.395. The maximum absolute atomic E-state index is 13.0. The van der Waals surface area contributed by atoms with E-state index in [4.69, 9.17) is 4.98 Å². The van der Waals surface area contributed by atoms with Crippen molar-refractivity contribution in [1.82, 2.24) is 14.5 Å². The SMILES string of the molecule is CC(=O)Cc1ccc(F)c(C(F)(F)F)c1.CCCc1ccc(-n2c(C(C)C)nc3ccccc3c2=O)cc1.CCc1ccc(N(C)C)nc1. The fourth-order valence-corrected chi connectivity index (χ4v) is 4.96. The third-order valence-electron chi connectivity index (χ3n) is 7.52. The number of ketones is 1. The van der Waals surface area contributed by atoms with Crippen LogP contribution in [-0.4, -0.2) is 34.4 Å². The standard InChI is InChI=1S/C20H22N2O.C10H8F4O.C9H14N2/c1-4-7-15-10-12-16(13-11-15)22-19(14(2)3)21-18-9-6-5-8-17(18)20(22)23;1-6(15)4-7-2-3-9(11)8(5-7)10(12,13)14;1-4-8-5-6-9(10-7-8)11(2)3/h5-6,8-14H,4,7H2,1-3H3;2-3,5H,4H2,1H3;5-7H,4H2,1-3H3. The number of rotatable bonds is 8. The van der Waals surface area contributed by atoms with Crippen molar-refractivity contribution in [2.75, 3.05) is 19.0 Å². The highest BCUT2D eigenvalue weighted by Gasteiger charge is 2.34.